The molecular weight excluding hydrogens is 392 g/mol. The van der Waals surface area contributed by atoms with E-state index < -0.39 is 16.1 Å². The van der Waals surface area contributed by atoms with Crippen LogP contribution in [0, 0.1) is 6.92 Å². The molecule has 0 unspecified atom stereocenters. The summed E-state index contributed by atoms with van der Waals surface area (Å²) >= 11 is 0. The molecule has 1 amide bonds. The fraction of sp³-hybridized carbons (Fsp3) is 0.381. The maximum atomic E-state index is 13.2. The van der Waals surface area contributed by atoms with Crippen LogP contribution in [0.4, 0.5) is 0 Å². The van der Waals surface area contributed by atoms with Gasteiger partial charge in [-0.15, -0.1) is 0 Å². The number of aryl methyl sites for hydroxylation is 1. The first-order chi connectivity index (χ1) is 13.9. The maximum absolute atomic E-state index is 13.2. The SMILES string of the molecule is Cc1ccc(CNC(=O)[C@H]2CCCN2S(=O)(=O)c2ccc3c(c2)OCCO3)cc1. The van der Waals surface area contributed by atoms with Gasteiger partial charge in [-0.1, -0.05) is 29.8 Å². The highest BCUT2D eigenvalue weighted by molar-refractivity contribution is 7.89. The predicted molar refractivity (Wildman–Crippen MR) is 107 cm³/mol. The zero-order valence-electron chi connectivity index (χ0n) is 16.3. The summed E-state index contributed by atoms with van der Waals surface area (Å²) in [6.45, 7) is 3.51. The van der Waals surface area contributed by atoms with Crippen LogP contribution in [0.1, 0.15) is 24.0 Å². The zero-order chi connectivity index (χ0) is 20.4. The summed E-state index contributed by atoms with van der Waals surface area (Å²) in [6.07, 6.45) is 1.15. The second-order valence-corrected chi connectivity index (χ2v) is 9.17. The number of benzene rings is 2. The molecule has 0 aromatic heterocycles. The van der Waals surface area contributed by atoms with E-state index in [4.69, 9.17) is 9.47 Å². The molecule has 0 saturated carbocycles. The number of fused-ring (bicyclic) bond motifs is 1. The van der Waals surface area contributed by atoms with E-state index in [1.165, 1.54) is 16.4 Å². The third-order valence-corrected chi connectivity index (χ3v) is 7.12. The second-order valence-electron chi connectivity index (χ2n) is 7.28. The van der Waals surface area contributed by atoms with Gasteiger partial charge in [-0.25, -0.2) is 8.42 Å². The largest absolute Gasteiger partial charge is 0.486 e. The summed E-state index contributed by atoms with van der Waals surface area (Å²) in [5, 5.41) is 2.87. The van der Waals surface area contributed by atoms with E-state index in [0.717, 1.165) is 11.1 Å². The minimum atomic E-state index is -3.82. The molecule has 2 aliphatic heterocycles. The zero-order valence-corrected chi connectivity index (χ0v) is 17.1. The van der Waals surface area contributed by atoms with Crippen molar-refractivity contribution in [1.29, 1.82) is 0 Å². The van der Waals surface area contributed by atoms with E-state index in [-0.39, 0.29) is 10.8 Å². The highest BCUT2D eigenvalue weighted by Crippen LogP contribution is 2.34. The highest BCUT2D eigenvalue weighted by atomic mass is 32.2. The molecule has 4 rings (SSSR count). The molecule has 7 nitrogen and oxygen atoms in total. The minimum Gasteiger partial charge on any atom is -0.486 e. The Morgan fingerprint density at radius 2 is 1.83 bits per heavy atom. The van der Waals surface area contributed by atoms with Gasteiger partial charge in [-0.3, -0.25) is 4.79 Å². The Morgan fingerprint density at radius 1 is 1.10 bits per heavy atom. The quantitative estimate of drug-likeness (QED) is 0.808. The Hall–Kier alpha value is -2.58. The van der Waals surface area contributed by atoms with Crippen LogP contribution in [0.25, 0.3) is 0 Å². The van der Waals surface area contributed by atoms with Gasteiger partial charge < -0.3 is 14.8 Å². The average Bonchev–Trinajstić information content (AvgIpc) is 3.24. The van der Waals surface area contributed by atoms with Gasteiger partial charge in [0.1, 0.15) is 19.3 Å². The molecule has 2 aliphatic rings. The van der Waals surface area contributed by atoms with Crippen LogP contribution in [0.5, 0.6) is 11.5 Å². The number of carbonyl (C=O) groups is 1. The molecule has 2 aromatic carbocycles. The highest BCUT2D eigenvalue weighted by Gasteiger charge is 2.39. The molecule has 0 bridgehead atoms. The number of nitrogens with one attached hydrogen (secondary N) is 1. The van der Waals surface area contributed by atoms with Gasteiger partial charge in [0.25, 0.3) is 0 Å². The summed E-state index contributed by atoms with van der Waals surface area (Å²) < 4.78 is 38.7. The van der Waals surface area contributed by atoms with Gasteiger partial charge in [0, 0.05) is 19.2 Å². The summed E-state index contributed by atoms with van der Waals surface area (Å²) in [6, 6.07) is 11.7. The van der Waals surface area contributed by atoms with E-state index in [0.29, 0.717) is 50.6 Å². The molecule has 1 fully saturated rings. The van der Waals surface area contributed by atoms with E-state index in [1.807, 2.05) is 31.2 Å². The van der Waals surface area contributed by atoms with Crippen molar-refractivity contribution in [3.63, 3.8) is 0 Å². The molecular formula is C21H24N2O5S. The van der Waals surface area contributed by atoms with Crippen LogP contribution in [0.3, 0.4) is 0 Å². The molecule has 8 heteroatoms. The average molecular weight is 416 g/mol. The Kier molecular flexibility index (Phi) is 5.47. The first-order valence-corrected chi connectivity index (χ1v) is 11.1. The molecule has 0 aliphatic carbocycles. The predicted octanol–water partition coefficient (Wildman–Crippen LogP) is 2.24. The number of sulfonamides is 1. The van der Waals surface area contributed by atoms with Gasteiger partial charge >= 0.3 is 0 Å². The third-order valence-electron chi connectivity index (χ3n) is 5.21. The normalized spacial score (nSPS) is 19.1. The fourth-order valence-corrected chi connectivity index (χ4v) is 5.29. The smallest absolute Gasteiger partial charge is 0.243 e. The minimum absolute atomic E-state index is 0.111. The van der Waals surface area contributed by atoms with Crippen LogP contribution >= 0.6 is 0 Å². The third kappa shape index (κ3) is 4.09. The van der Waals surface area contributed by atoms with Crippen molar-refractivity contribution >= 4 is 15.9 Å². The molecule has 1 N–H and O–H groups in total. The first kappa shape index (κ1) is 19.7. The van der Waals surface area contributed by atoms with Gasteiger partial charge in [0.05, 0.1) is 4.90 Å². The molecule has 1 saturated heterocycles. The molecule has 0 spiro atoms. The maximum Gasteiger partial charge on any atom is 0.243 e. The molecule has 154 valence electrons. The topological polar surface area (TPSA) is 84.9 Å². The van der Waals surface area contributed by atoms with Gasteiger partial charge in [0.2, 0.25) is 15.9 Å². The van der Waals surface area contributed by atoms with E-state index >= 15 is 0 Å². The lowest BCUT2D eigenvalue weighted by atomic mass is 10.1. The standard InChI is InChI=1S/C21H24N2O5S/c1-15-4-6-16(7-5-15)14-22-21(24)18-3-2-10-23(18)29(25,26)17-8-9-19-20(13-17)28-12-11-27-19/h4-9,13,18H,2-3,10-12,14H2,1H3,(H,22,24)/t18-/m1/s1. The molecule has 0 radical (unpaired) electrons. The fourth-order valence-electron chi connectivity index (χ4n) is 3.62. The Bertz CT molecular complexity index is 1000. The lowest BCUT2D eigenvalue weighted by molar-refractivity contribution is -0.124. The lowest BCUT2D eigenvalue weighted by Crippen LogP contribution is -2.45. The molecule has 2 aromatic rings. The summed E-state index contributed by atoms with van der Waals surface area (Å²) in [5.41, 5.74) is 2.12. The number of rotatable bonds is 5. The van der Waals surface area contributed by atoms with E-state index in [9.17, 15) is 13.2 Å². The summed E-state index contributed by atoms with van der Waals surface area (Å²) in [5.74, 6) is 0.671. The lowest BCUT2D eigenvalue weighted by Gasteiger charge is -2.24. The van der Waals surface area contributed by atoms with Crippen molar-refractivity contribution in [2.45, 2.75) is 37.2 Å². The van der Waals surface area contributed by atoms with Crippen LogP contribution in [0.2, 0.25) is 0 Å². The van der Waals surface area contributed by atoms with Crippen LogP contribution in [0.15, 0.2) is 47.4 Å². The number of carbonyl (C=O) groups excluding carboxylic acids is 1. The second kappa shape index (κ2) is 8.04. The van der Waals surface area contributed by atoms with Crippen molar-refractivity contribution in [3.05, 3.63) is 53.6 Å². The van der Waals surface area contributed by atoms with Crippen molar-refractivity contribution < 1.29 is 22.7 Å². The molecule has 2 heterocycles. The number of amides is 1. The Balaban J connectivity index is 1.49. The van der Waals surface area contributed by atoms with Crippen LogP contribution in [-0.4, -0.2) is 44.4 Å². The van der Waals surface area contributed by atoms with E-state index in [2.05, 4.69) is 5.32 Å². The Labute approximate surface area is 170 Å². The summed E-state index contributed by atoms with van der Waals surface area (Å²) in [4.78, 5) is 12.9. The number of hydrogen-bond donors (Lipinski definition) is 1. The summed E-state index contributed by atoms with van der Waals surface area (Å²) in [7, 11) is -3.82. The number of ether oxygens (including phenoxy) is 2. The van der Waals surface area contributed by atoms with Gasteiger partial charge in [-0.2, -0.15) is 4.31 Å². The van der Waals surface area contributed by atoms with Crippen molar-refractivity contribution in [2.24, 2.45) is 0 Å². The van der Waals surface area contributed by atoms with Gasteiger partial charge in [-0.05, 0) is 37.5 Å². The van der Waals surface area contributed by atoms with Crippen LogP contribution in [-0.2, 0) is 21.4 Å². The first-order valence-electron chi connectivity index (χ1n) is 9.70. The van der Waals surface area contributed by atoms with Crippen molar-refractivity contribution in [2.75, 3.05) is 19.8 Å². The number of nitrogens with zero attached hydrogens (tertiary/aromatic N) is 1. The monoisotopic (exact) mass is 416 g/mol. The molecule has 29 heavy (non-hydrogen) atoms. The van der Waals surface area contributed by atoms with E-state index in [1.54, 1.807) is 6.07 Å². The van der Waals surface area contributed by atoms with Crippen molar-refractivity contribution in [3.8, 4) is 11.5 Å². The van der Waals surface area contributed by atoms with Crippen molar-refractivity contribution in [1.82, 2.24) is 9.62 Å². The van der Waals surface area contributed by atoms with Crippen LogP contribution < -0.4 is 14.8 Å². The molecule has 1 atom stereocenters. The Morgan fingerprint density at radius 3 is 2.59 bits per heavy atom. The number of hydrogen-bond acceptors (Lipinski definition) is 5. The van der Waals surface area contributed by atoms with Gasteiger partial charge in [0.15, 0.2) is 11.5 Å².